The van der Waals surface area contributed by atoms with E-state index >= 15 is 0 Å². The van der Waals surface area contributed by atoms with E-state index < -0.39 is 4.92 Å². The van der Waals surface area contributed by atoms with Gasteiger partial charge in [0, 0.05) is 22.4 Å². The van der Waals surface area contributed by atoms with Gasteiger partial charge < -0.3 is 5.32 Å². The van der Waals surface area contributed by atoms with Crippen molar-refractivity contribution in [2.24, 2.45) is 0 Å². The molecular weight excluding hydrogens is 298 g/mol. The average molecular weight is 308 g/mol. The van der Waals surface area contributed by atoms with E-state index in [0.717, 1.165) is 15.7 Å². The SMILES string of the molecule is Cc1ccc(Nc2cc([N+](=O)[O-])ccn2)cc1Br. The fourth-order valence-corrected chi connectivity index (χ4v) is 1.80. The number of aryl methyl sites for hydroxylation is 1. The zero-order valence-corrected chi connectivity index (χ0v) is 11.1. The van der Waals surface area contributed by atoms with Crippen molar-refractivity contribution in [1.29, 1.82) is 0 Å². The lowest BCUT2D eigenvalue weighted by molar-refractivity contribution is -0.384. The van der Waals surface area contributed by atoms with E-state index in [1.807, 2.05) is 25.1 Å². The quantitative estimate of drug-likeness (QED) is 0.691. The van der Waals surface area contributed by atoms with Crippen LogP contribution in [0.2, 0.25) is 0 Å². The summed E-state index contributed by atoms with van der Waals surface area (Å²) in [6, 6.07) is 8.49. The minimum absolute atomic E-state index is 0.0127. The molecule has 0 fully saturated rings. The molecule has 92 valence electrons. The summed E-state index contributed by atoms with van der Waals surface area (Å²) >= 11 is 3.43. The molecule has 1 heterocycles. The maximum absolute atomic E-state index is 10.6. The Hall–Kier alpha value is -1.95. The first-order valence-corrected chi connectivity index (χ1v) is 5.99. The van der Waals surface area contributed by atoms with E-state index in [4.69, 9.17) is 0 Å². The molecule has 0 aliphatic heterocycles. The third-order valence-corrected chi connectivity index (χ3v) is 3.25. The number of rotatable bonds is 3. The predicted octanol–water partition coefficient (Wildman–Crippen LogP) is 3.80. The number of nitro groups is 1. The first-order valence-electron chi connectivity index (χ1n) is 5.20. The number of aromatic nitrogens is 1. The number of pyridine rings is 1. The molecule has 5 nitrogen and oxygen atoms in total. The molecule has 0 atom stereocenters. The van der Waals surface area contributed by atoms with E-state index in [9.17, 15) is 10.1 Å². The van der Waals surface area contributed by atoms with Gasteiger partial charge in [-0.05, 0) is 24.6 Å². The van der Waals surface area contributed by atoms with Gasteiger partial charge in [-0.25, -0.2) is 4.98 Å². The number of hydrogen-bond acceptors (Lipinski definition) is 4. The van der Waals surface area contributed by atoms with Gasteiger partial charge in [-0.2, -0.15) is 0 Å². The predicted molar refractivity (Wildman–Crippen MR) is 73.1 cm³/mol. The normalized spacial score (nSPS) is 10.1. The first kappa shape index (κ1) is 12.5. The molecule has 1 N–H and O–H groups in total. The van der Waals surface area contributed by atoms with Gasteiger partial charge in [0.15, 0.2) is 0 Å². The van der Waals surface area contributed by atoms with Gasteiger partial charge in [0.05, 0.1) is 11.0 Å². The van der Waals surface area contributed by atoms with Crippen LogP contribution in [0.25, 0.3) is 0 Å². The summed E-state index contributed by atoms with van der Waals surface area (Å²) in [4.78, 5) is 14.2. The Morgan fingerprint density at radius 1 is 1.33 bits per heavy atom. The fraction of sp³-hybridized carbons (Fsp3) is 0.0833. The molecule has 0 radical (unpaired) electrons. The van der Waals surface area contributed by atoms with Crippen LogP contribution in [0.4, 0.5) is 17.2 Å². The third kappa shape index (κ3) is 2.84. The highest BCUT2D eigenvalue weighted by Crippen LogP contribution is 2.24. The Labute approximate surface area is 112 Å². The lowest BCUT2D eigenvalue weighted by atomic mass is 10.2. The topological polar surface area (TPSA) is 68.1 Å². The van der Waals surface area contributed by atoms with Gasteiger partial charge in [0.2, 0.25) is 0 Å². The van der Waals surface area contributed by atoms with Crippen LogP contribution in [-0.4, -0.2) is 9.91 Å². The summed E-state index contributed by atoms with van der Waals surface area (Å²) in [7, 11) is 0. The summed E-state index contributed by atoms with van der Waals surface area (Å²) in [6.45, 7) is 1.99. The molecule has 0 aliphatic rings. The molecule has 0 bridgehead atoms. The summed E-state index contributed by atoms with van der Waals surface area (Å²) in [6.07, 6.45) is 1.41. The molecule has 2 aromatic rings. The zero-order valence-electron chi connectivity index (χ0n) is 9.55. The van der Waals surface area contributed by atoms with Crippen LogP contribution in [0.15, 0.2) is 41.0 Å². The lowest BCUT2D eigenvalue weighted by Crippen LogP contribution is -1.95. The van der Waals surface area contributed by atoms with Crippen LogP contribution in [-0.2, 0) is 0 Å². The van der Waals surface area contributed by atoms with Gasteiger partial charge >= 0.3 is 0 Å². The molecule has 0 unspecified atom stereocenters. The Kier molecular flexibility index (Phi) is 3.57. The van der Waals surface area contributed by atoms with E-state index in [-0.39, 0.29) is 5.69 Å². The highest BCUT2D eigenvalue weighted by molar-refractivity contribution is 9.10. The Balaban J connectivity index is 2.25. The summed E-state index contributed by atoms with van der Waals surface area (Å²) < 4.78 is 0.970. The maximum Gasteiger partial charge on any atom is 0.274 e. The van der Waals surface area contributed by atoms with Crippen molar-refractivity contribution in [3.05, 3.63) is 56.7 Å². The summed E-state index contributed by atoms with van der Waals surface area (Å²) in [5, 5.41) is 13.7. The molecule has 18 heavy (non-hydrogen) atoms. The van der Waals surface area contributed by atoms with Crippen molar-refractivity contribution >= 4 is 33.1 Å². The monoisotopic (exact) mass is 307 g/mol. The highest BCUT2D eigenvalue weighted by Gasteiger charge is 2.07. The first-order chi connectivity index (χ1) is 8.56. The second kappa shape index (κ2) is 5.14. The van der Waals surface area contributed by atoms with Crippen LogP contribution < -0.4 is 5.32 Å². The number of benzene rings is 1. The van der Waals surface area contributed by atoms with Crippen molar-refractivity contribution in [1.82, 2.24) is 4.98 Å². The van der Waals surface area contributed by atoms with E-state index in [0.29, 0.717) is 5.82 Å². The third-order valence-electron chi connectivity index (χ3n) is 2.40. The number of anilines is 2. The van der Waals surface area contributed by atoms with Gasteiger partial charge in [-0.3, -0.25) is 10.1 Å². The van der Waals surface area contributed by atoms with Crippen LogP contribution in [0.3, 0.4) is 0 Å². The van der Waals surface area contributed by atoms with Crippen molar-refractivity contribution in [3.63, 3.8) is 0 Å². The van der Waals surface area contributed by atoms with Crippen molar-refractivity contribution in [2.75, 3.05) is 5.32 Å². The molecule has 2 rings (SSSR count). The second-order valence-corrected chi connectivity index (χ2v) is 4.60. The van der Waals surface area contributed by atoms with Gasteiger partial charge in [-0.1, -0.05) is 22.0 Å². The fourth-order valence-electron chi connectivity index (χ4n) is 1.42. The number of halogens is 1. The van der Waals surface area contributed by atoms with Gasteiger partial charge in [0.1, 0.15) is 5.82 Å². The standard InChI is InChI=1S/C12H10BrN3O2/c1-8-2-3-9(6-11(8)13)15-12-7-10(16(17)18)4-5-14-12/h2-7H,1H3,(H,14,15). The minimum atomic E-state index is -0.447. The smallest absolute Gasteiger partial charge is 0.274 e. The van der Waals surface area contributed by atoms with Crippen molar-refractivity contribution < 1.29 is 4.92 Å². The van der Waals surface area contributed by atoms with E-state index in [2.05, 4.69) is 26.2 Å². The second-order valence-electron chi connectivity index (χ2n) is 3.75. The molecular formula is C12H10BrN3O2. The summed E-state index contributed by atoms with van der Waals surface area (Å²) in [5.41, 5.74) is 1.95. The highest BCUT2D eigenvalue weighted by atomic mass is 79.9. The maximum atomic E-state index is 10.6. The van der Waals surface area contributed by atoms with E-state index in [1.54, 1.807) is 0 Å². The molecule has 0 saturated heterocycles. The molecule has 1 aromatic carbocycles. The van der Waals surface area contributed by atoms with Crippen LogP contribution >= 0.6 is 15.9 Å². The Bertz CT molecular complexity index is 602. The van der Waals surface area contributed by atoms with Crippen LogP contribution in [0, 0.1) is 17.0 Å². The average Bonchev–Trinajstić information content (AvgIpc) is 2.34. The van der Waals surface area contributed by atoms with E-state index in [1.165, 1.54) is 18.3 Å². The lowest BCUT2D eigenvalue weighted by Gasteiger charge is -2.06. The number of hydrogen-bond donors (Lipinski definition) is 1. The zero-order chi connectivity index (χ0) is 13.1. The molecule has 0 amide bonds. The van der Waals surface area contributed by atoms with Crippen LogP contribution in [0.5, 0.6) is 0 Å². The Morgan fingerprint density at radius 2 is 2.11 bits per heavy atom. The van der Waals surface area contributed by atoms with Crippen molar-refractivity contribution in [3.8, 4) is 0 Å². The molecule has 0 spiro atoms. The molecule has 0 aliphatic carbocycles. The number of nitrogens with one attached hydrogen (secondary N) is 1. The van der Waals surface area contributed by atoms with Gasteiger partial charge in [0.25, 0.3) is 5.69 Å². The largest absolute Gasteiger partial charge is 0.340 e. The van der Waals surface area contributed by atoms with Crippen LogP contribution in [0.1, 0.15) is 5.56 Å². The summed E-state index contributed by atoms with van der Waals surface area (Å²) in [5.74, 6) is 0.444. The Morgan fingerprint density at radius 3 is 2.78 bits per heavy atom. The van der Waals surface area contributed by atoms with Gasteiger partial charge in [-0.15, -0.1) is 0 Å². The number of nitrogens with zero attached hydrogens (tertiary/aromatic N) is 2. The molecule has 0 saturated carbocycles. The molecule has 1 aromatic heterocycles. The van der Waals surface area contributed by atoms with Crippen molar-refractivity contribution in [2.45, 2.75) is 6.92 Å². The minimum Gasteiger partial charge on any atom is -0.340 e. The molecule has 6 heteroatoms.